The minimum atomic E-state index is -0.457. The summed E-state index contributed by atoms with van der Waals surface area (Å²) in [6, 6.07) is 0. The first-order chi connectivity index (χ1) is 4.95. The summed E-state index contributed by atoms with van der Waals surface area (Å²) in [4.78, 5) is 10.8. The van der Waals surface area contributed by atoms with Gasteiger partial charge in [0.25, 0.3) is 0 Å². The normalized spacial score (nSPS) is 24.0. The molecule has 0 fully saturated rings. The van der Waals surface area contributed by atoms with Gasteiger partial charge in [0.15, 0.2) is 5.76 Å². The molecule has 0 spiro atoms. The second-order valence-electron chi connectivity index (χ2n) is 3.50. The van der Waals surface area contributed by atoms with Crippen molar-refractivity contribution >= 4 is 5.78 Å². The van der Waals surface area contributed by atoms with Crippen molar-refractivity contribution in [1.82, 2.24) is 0 Å². The molecule has 0 bridgehead atoms. The quantitative estimate of drug-likeness (QED) is 0.561. The van der Waals surface area contributed by atoms with Crippen LogP contribution in [0.3, 0.4) is 0 Å². The number of hydrogen-bond donors (Lipinski definition) is 2. The van der Waals surface area contributed by atoms with Crippen molar-refractivity contribution in [3.8, 4) is 0 Å². The molecule has 3 nitrogen and oxygen atoms in total. The minimum absolute atomic E-state index is 0.172. The Kier molecular flexibility index (Phi) is 1.66. The first-order valence-electron chi connectivity index (χ1n) is 3.61. The number of ketones is 1. The van der Waals surface area contributed by atoms with E-state index in [-0.39, 0.29) is 11.5 Å². The summed E-state index contributed by atoms with van der Waals surface area (Å²) in [5, 5.41) is 18.3. The van der Waals surface area contributed by atoms with Crippen molar-refractivity contribution in [3.05, 3.63) is 11.5 Å². The summed E-state index contributed by atoms with van der Waals surface area (Å²) in [7, 11) is 0. The van der Waals surface area contributed by atoms with Gasteiger partial charge in [-0.15, -0.1) is 0 Å². The Morgan fingerprint density at radius 2 is 1.91 bits per heavy atom. The molecule has 0 amide bonds. The molecule has 0 saturated heterocycles. The van der Waals surface area contributed by atoms with Gasteiger partial charge in [0.05, 0.1) is 0 Å². The van der Waals surface area contributed by atoms with Crippen LogP contribution in [0.1, 0.15) is 26.7 Å². The number of Topliss-reactive ketones (excluding diaryl/α,β-unsaturated/α-hetero) is 1. The number of aliphatic hydroxyl groups excluding tert-OH is 2. The fourth-order valence-corrected chi connectivity index (χ4v) is 1.12. The summed E-state index contributed by atoms with van der Waals surface area (Å²) in [5.74, 6) is -0.989. The zero-order chi connectivity index (χ0) is 8.65. The Balaban J connectivity index is 3.07. The van der Waals surface area contributed by atoms with Gasteiger partial charge in [-0.25, -0.2) is 0 Å². The van der Waals surface area contributed by atoms with Crippen molar-refractivity contribution in [1.29, 1.82) is 0 Å². The van der Waals surface area contributed by atoms with E-state index in [0.29, 0.717) is 12.8 Å². The third kappa shape index (κ3) is 1.23. The van der Waals surface area contributed by atoms with Crippen molar-refractivity contribution in [3.63, 3.8) is 0 Å². The second-order valence-corrected chi connectivity index (χ2v) is 3.50. The Morgan fingerprint density at radius 3 is 2.36 bits per heavy atom. The lowest BCUT2D eigenvalue weighted by Gasteiger charge is -2.27. The highest BCUT2D eigenvalue weighted by molar-refractivity contribution is 5.94. The van der Waals surface area contributed by atoms with Crippen molar-refractivity contribution in [2.24, 2.45) is 5.41 Å². The summed E-state index contributed by atoms with van der Waals surface area (Å²) < 4.78 is 0. The van der Waals surface area contributed by atoms with Gasteiger partial charge in [-0.2, -0.15) is 0 Å². The molecule has 0 aromatic rings. The Morgan fingerprint density at radius 1 is 1.36 bits per heavy atom. The number of allylic oxidation sites excluding steroid dienone is 2. The van der Waals surface area contributed by atoms with E-state index in [9.17, 15) is 9.90 Å². The molecule has 1 aliphatic carbocycles. The van der Waals surface area contributed by atoms with E-state index in [1.54, 1.807) is 13.8 Å². The third-order valence-electron chi connectivity index (χ3n) is 2.11. The standard InChI is InChI=1S/C8H12O3/c1-8(2)4-3-5(9)6(10)7(8)11/h10-11H,3-4H2,1-2H3. The lowest BCUT2D eigenvalue weighted by Crippen LogP contribution is -2.25. The molecule has 0 aromatic heterocycles. The first-order valence-corrected chi connectivity index (χ1v) is 3.61. The molecule has 11 heavy (non-hydrogen) atoms. The molecule has 1 aliphatic rings. The van der Waals surface area contributed by atoms with Crippen LogP contribution >= 0.6 is 0 Å². The molecule has 0 saturated carbocycles. The maximum absolute atomic E-state index is 10.8. The van der Waals surface area contributed by atoms with E-state index in [2.05, 4.69) is 0 Å². The van der Waals surface area contributed by atoms with Gasteiger partial charge in [0, 0.05) is 11.8 Å². The molecule has 0 aromatic carbocycles. The molecule has 1 rings (SSSR count). The lowest BCUT2D eigenvalue weighted by atomic mass is 9.80. The van der Waals surface area contributed by atoms with Crippen molar-refractivity contribution in [2.75, 3.05) is 0 Å². The molecule has 2 N–H and O–H groups in total. The highest BCUT2D eigenvalue weighted by Crippen LogP contribution is 2.35. The van der Waals surface area contributed by atoms with Gasteiger partial charge >= 0.3 is 0 Å². The lowest BCUT2D eigenvalue weighted by molar-refractivity contribution is -0.120. The van der Waals surface area contributed by atoms with Crippen LogP contribution in [0.25, 0.3) is 0 Å². The van der Waals surface area contributed by atoms with Gasteiger partial charge in [0.2, 0.25) is 5.78 Å². The Labute approximate surface area is 65.3 Å². The number of carbonyl (C=O) groups excluding carboxylic acids is 1. The van der Waals surface area contributed by atoms with Crippen LogP contribution in [0.2, 0.25) is 0 Å². The molecule has 0 unspecified atom stereocenters. The van der Waals surface area contributed by atoms with Crippen molar-refractivity contribution < 1.29 is 15.0 Å². The zero-order valence-electron chi connectivity index (χ0n) is 6.72. The molecule has 0 radical (unpaired) electrons. The molecular formula is C8H12O3. The van der Waals surface area contributed by atoms with Gasteiger partial charge in [-0.05, 0) is 6.42 Å². The fraction of sp³-hybridized carbons (Fsp3) is 0.625. The second kappa shape index (κ2) is 2.26. The average Bonchev–Trinajstić information content (AvgIpc) is 1.95. The van der Waals surface area contributed by atoms with Crippen LogP contribution in [-0.2, 0) is 4.79 Å². The summed E-state index contributed by atoms with van der Waals surface area (Å²) in [6.45, 7) is 3.59. The van der Waals surface area contributed by atoms with Crippen LogP contribution in [0.15, 0.2) is 11.5 Å². The van der Waals surface area contributed by atoms with Crippen LogP contribution in [0, 0.1) is 5.41 Å². The van der Waals surface area contributed by atoms with E-state index in [4.69, 9.17) is 5.11 Å². The summed E-state index contributed by atoms with van der Waals surface area (Å²) in [5.41, 5.74) is -0.446. The molecule has 3 heteroatoms. The van der Waals surface area contributed by atoms with E-state index in [1.807, 2.05) is 0 Å². The number of hydrogen-bond acceptors (Lipinski definition) is 3. The van der Waals surface area contributed by atoms with Gasteiger partial charge in [0.1, 0.15) is 5.76 Å². The molecule has 0 heterocycles. The predicted octanol–water partition coefficient (Wildman–Crippen LogP) is 1.70. The van der Waals surface area contributed by atoms with Gasteiger partial charge in [-0.1, -0.05) is 13.8 Å². The highest BCUT2D eigenvalue weighted by atomic mass is 16.3. The molecule has 62 valence electrons. The maximum Gasteiger partial charge on any atom is 0.200 e. The van der Waals surface area contributed by atoms with Crippen LogP contribution < -0.4 is 0 Å². The highest BCUT2D eigenvalue weighted by Gasteiger charge is 2.34. The number of carbonyl (C=O) groups is 1. The Hall–Kier alpha value is -0.990. The summed E-state index contributed by atoms with van der Waals surface area (Å²) >= 11 is 0. The third-order valence-corrected chi connectivity index (χ3v) is 2.11. The van der Waals surface area contributed by atoms with Crippen LogP contribution in [-0.4, -0.2) is 16.0 Å². The minimum Gasteiger partial charge on any atom is -0.508 e. The SMILES string of the molecule is CC1(C)CCC(=O)C(O)=C1O. The smallest absolute Gasteiger partial charge is 0.200 e. The molecule has 0 atom stereocenters. The monoisotopic (exact) mass is 156 g/mol. The maximum atomic E-state index is 10.8. The van der Waals surface area contributed by atoms with Crippen molar-refractivity contribution in [2.45, 2.75) is 26.7 Å². The number of aliphatic hydroxyl groups is 2. The van der Waals surface area contributed by atoms with E-state index < -0.39 is 11.2 Å². The fourth-order valence-electron chi connectivity index (χ4n) is 1.12. The van der Waals surface area contributed by atoms with E-state index >= 15 is 0 Å². The van der Waals surface area contributed by atoms with Crippen LogP contribution in [0.4, 0.5) is 0 Å². The predicted molar refractivity (Wildman–Crippen MR) is 40.3 cm³/mol. The first kappa shape index (κ1) is 8.11. The zero-order valence-corrected chi connectivity index (χ0v) is 6.72. The van der Waals surface area contributed by atoms with Gasteiger partial charge < -0.3 is 10.2 Å². The number of rotatable bonds is 0. The summed E-state index contributed by atoms with van der Waals surface area (Å²) in [6.07, 6.45) is 0.921. The molecular weight excluding hydrogens is 144 g/mol. The Bertz CT molecular complexity index is 225. The average molecular weight is 156 g/mol. The van der Waals surface area contributed by atoms with E-state index in [0.717, 1.165) is 0 Å². The largest absolute Gasteiger partial charge is 0.508 e. The van der Waals surface area contributed by atoms with Crippen LogP contribution in [0.5, 0.6) is 0 Å². The molecule has 0 aliphatic heterocycles. The van der Waals surface area contributed by atoms with Gasteiger partial charge in [-0.3, -0.25) is 4.79 Å². The van der Waals surface area contributed by atoms with E-state index in [1.165, 1.54) is 0 Å². The topological polar surface area (TPSA) is 57.5 Å².